The molecule has 0 aliphatic carbocycles. The zero-order valence-electron chi connectivity index (χ0n) is 15.6. The van der Waals surface area contributed by atoms with E-state index in [2.05, 4.69) is 0 Å². The molecular formula is C20H24N2O5. The summed E-state index contributed by atoms with van der Waals surface area (Å²) in [6, 6.07) is 5.59. The molecule has 0 spiro atoms. The Bertz CT molecular complexity index is 740. The molecule has 1 aromatic carbocycles. The first-order chi connectivity index (χ1) is 13.0. The second-order valence-electron chi connectivity index (χ2n) is 7.01. The maximum Gasteiger partial charge on any atom is 0.329 e. The summed E-state index contributed by atoms with van der Waals surface area (Å²) in [4.78, 5) is 52.6. The van der Waals surface area contributed by atoms with Crippen LogP contribution in [0, 0.1) is 5.92 Å². The zero-order chi connectivity index (χ0) is 19.6. The standard InChI is InChI=1S/C20H24N2O5/c1-3-13(2)17(20(26)27-12-11-21-10-6-9-16(21)23)22-18(24)14-7-4-5-8-15(14)19(22)25/h4-5,7-8,13,17H,3,6,9-12H2,1-2H3/t13-,17-/m0/s1. The summed E-state index contributed by atoms with van der Waals surface area (Å²) in [5, 5.41) is 0. The number of fused-ring (bicyclic) bond motifs is 1. The Balaban J connectivity index is 1.72. The highest BCUT2D eigenvalue weighted by atomic mass is 16.5. The first-order valence-corrected chi connectivity index (χ1v) is 9.37. The van der Waals surface area contributed by atoms with Crippen LogP contribution in [0.25, 0.3) is 0 Å². The van der Waals surface area contributed by atoms with Crippen molar-refractivity contribution in [2.24, 2.45) is 5.92 Å². The minimum absolute atomic E-state index is 0.0562. The van der Waals surface area contributed by atoms with Gasteiger partial charge in [0.2, 0.25) is 5.91 Å². The van der Waals surface area contributed by atoms with Crippen molar-refractivity contribution in [1.29, 1.82) is 0 Å². The Kier molecular flexibility index (Phi) is 5.58. The largest absolute Gasteiger partial charge is 0.462 e. The predicted octanol–water partition coefficient (Wildman–Crippen LogP) is 1.86. The topological polar surface area (TPSA) is 84.0 Å². The Labute approximate surface area is 158 Å². The first kappa shape index (κ1) is 19.1. The molecule has 27 heavy (non-hydrogen) atoms. The fourth-order valence-corrected chi connectivity index (χ4v) is 3.56. The van der Waals surface area contributed by atoms with Gasteiger partial charge >= 0.3 is 5.97 Å². The summed E-state index contributed by atoms with van der Waals surface area (Å²) in [6.07, 6.45) is 1.95. The SMILES string of the molecule is CC[C@H](C)[C@@H](C(=O)OCCN1CCCC1=O)N1C(=O)c2ccccc2C1=O. The van der Waals surface area contributed by atoms with Crippen molar-refractivity contribution in [3.63, 3.8) is 0 Å². The van der Waals surface area contributed by atoms with Gasteiger partial charge in [0, 0.05) is 13.0 Å². The van der Waals surface area contributed by atoms with Crippen molar-refractivity contribution in [3.05, 3.63) is 35.4 Å². The molecule has 7 nitrogen and oxygen atoms in total. The number of nitrogens with zero attached hydrogens (tertiary/aromatic N) is 2. The molecule has 3 rings (SSSR count). The lowest BCUT2D eigenvalue weighted by atomic mass is 9.97. The number of ether oxygens (including phenoxy) is 1. The third-order valence-corrected chi connectivity index (χ3v) is 5.30. The van der Waals surface area contributed by atoms with Crippen molar-refractivity contribution in [2.75, 3.05) is 19.7 Å². The highest BCUT2D eigenvalue weighted by molar-refractivity contribution is 6.22. The molecule has 144 valence electrons. The molecule has 0 N–H and O–H groups in total. The molecule has 0 saturated carbocycles. The van der Waals surface area contributed by atoms with Gasteiger partial charge in [-0.25, -0.2) is 4.79 Å². The molecule has 2 aliphatic heterocycles. The zero-order valence-corrected chi connectivity index (χ0v) is 15.6. The van der Waals surface area contributed by atoms with E-state index in [1.165, 1.54) is 0 Å². The quantitative estimate of drug-likeness (QED) is 0.539. The van der Waals surface area contributed by atoms with Crippen molar-refractivity contribution in [2.45, 2.75) is 39.2 Å². The number of esters is 1. The number of imide groups is 1. The van der Waals surface area contributed by atoms with Crippen LogP contribution >= 0.6 is 0 Å². The molecule has 0 aromatic heterocycles. The first-order valence-electron chi connectivity index (χ1n) is 9.37. The molecular weight excluding hydrogens is 348 g/mol. The Morgan fingerprint density at radius 3 is 2.30 bits per heavy atom. The normalized spacial score (nSPS) is 18.7. The van der Waals surface area contributed by atoms with Crippen molar-refractivity contribution < 1.29 is 23.9 Å². The van der Waals surface area contributed by atoms with E-state index in [0.717, 1.165) is 11.3 Å². The van der Waals surface area contributed by atoms with Crippen LogP contribution in [0.3, 0.4) is 0 Å². The van der Waals surface area contributed by atoms with Crippen LogP contribution in [0.1, 0.15) is 53.8 Å². The van der Waals surface area contributed by atoms with Gasteiger partial charge in [0.15, 0.2) is 0 Å². The van der Waals surface area contributed by atoms with Gasteiger partial charge in [-0.2, -0.15) is 0 Å². The fraction of sp³-hybridized carbons (Fsp3) is 0.500. The monoisotopic (exact) mass is 372 g/mol. The van der Waals surface area contributed by atoms with Crippen LogP contribution in [0.15, 0.2) is 24.3 Å². The predicted molar refractivity (Wildman–Crippen MR) is 97.0 cm³/mol. The molecule has 2 heterocycles. The molecule has 7 heteroatoms. The number of amides is 3. The third kappa shape index (κ3) is 3.59. The molecule has 0 radical (unpaired) electrons. The van der Waals surface area contributed by atoms with E-state index in [9.17, 15) is 19.2 Å². The summed E-state index contributed by atoms with van der Waals surface area (Å²) < 4.78 is 5.37. The van der Waals surface area contributed by atoms with Gasteiger partial charge in [0.1, 0.15) is 12.6 Å². The molecule has 1 saturated heterocycles. The minimum atomic E-state index is -0.975. The van der Waals surface area contributed by atoms with Gasteiger partial charge < -0.3 is 9.64 Å². The number of benzene rings is 1. The van der Waals surface area contributed by atoms with Gasteiger partial charge in [0.25, 0.3) is 11.8 Å². The second kappa shape index (κ2) is 7.90. The van der Waals surface area contributed by atoms with Crippen LogP contribution in [-0.4, -0.2) is 59.2 Å². The lowest BCUT2D eigenvalue weighted by Crippen LogP contribution is -2.49. The highest BCUT2D eigenvalue weighted by Crippen LogP contribution is 2.28. The van der Waals surface area contributed by atoms with Gasteiger partial charge in [-0.3, -0.25) is 19.3 Å². The van der Waals surface area contributed by atoms with Gasteiger partial charge in [0.05, 0.1) is 17.7 Å². The van der Waals surface area contributed by atoms with E-state index in [1.54, 1.807) is 29.2 Å². The minimum Gasteiger partial charge on any atom is -0.462 e. The highest BCUT2D eigenvalue weighted by Gasteiger charge is 2.45. The van der Waals surface area contributed by atoms with E-state index >= 15 is 0 Å². The van der Waals surface area contributed by atoms with Crippen molar-refractivity contribution in [1.82, 2.24) is 9.80 Å². The van der Waals surface area contributed by atoms with Gasteiger partial charge in [-0.15, -0.1) is 0 Å². The molecule has 0 unspecified atom stereocenters. The van der Waals surface area contributed by atoms with E-state index < -0.39 is 23.8 Å². The summed E-state index contributed by atoms with van der Waals surface area (Å²) >= 11 is 0. The van der Waals surface area contributed by atoms with E-state index in [0.29, 0.717) is 37.1 Å². The van der Waals surface area contributed by atoms with Crippen LogP contribution in [0.4, 0.5) is 0 Å². The van der Waals surface area contributed by atoms with Crippen molar-refractivity contribution in [3.8, 4) is 0 Å². The Morgan fingerprint density at radius 1 is 1.15 bits per heavy atom. The average molecular weight is 372 g/mol. The second-order valence-corrected chi connectivity index (χ2v) is 7.01. The van der Waals surface area contributed by atoms with Crippen LogP contribution in [0.2, 0.25) is 0 Å². The van der Waals surface area contributed by atoms with E-state index in [1.807, 2.05) is 13.8 Å². The number of rotatable bonds is 7. The third-order valence-electron chi connectivity index (χ3n) is 5.30. The Hall–Kier alpha value is -2.70. The average Bonchev–Trinajstić information content (AvgIpc) is 3.18. The maximum absolute atomic E-state index is 12.8. The summed E-state index contributed by atoms with van der Waals surface area (Å²) in [5.41, 5.74) is 0.623. The van der Waals surface area contributed by atoms with Gasteiger partial charge in [-0.1, -0.05) is 32.4 Å². The molecule has 0 bridgehead atoms. The smallest absolute Gasteiger partial charge is 0.329 e. The van der Waals surface area contributed by atoms with Gasteiger partial charge in [-0.05, 0) is 24.5 Å². The fourth-order valence-electron chi connectivity index (χ4n) is 3.56. The summed E-state index contributed by atoms with van der Waals surface area (Å²) in [6.45, 7) is 4.77. The Morgan fingerprint density at radius 2 is 1.78 bits per heavy atom. The number of carbonyl (C=O) groups is 4. The molecule has 2 atom stereocenters. The van der Waals surface area contributed by atoms with E-state index in [4.69, 9.17) is 4.74 Å². The van der Waals surface area contributed by atoms with E-state index in [-0.39, 0.29) is 18.4 Å². The molecule has 2 aliphatic rings. The number of carbonyl (C=O) groups excluding carboxylic acids is 4. The van der Waals surface area contributed by atoms with Crippen LogP contribution < -0.4 is 0 Å². The van der Waals surface area contributed by atoms with Crippen LogP contribution in [-0.2, 0) is 14.3 Å². The lowest BCUT2D eigenvalue weighted by molar-refractivity contribution is -0.151. The number of likely N-dealkylation sites (tertiary alicyclic amines) is 1. The lowest BCUT2D eigenvalue weighted by Gasteiger charge is -2.29. The van der Waals surface area contributed by atoms with Crippen LogP contribution in [0.5, 0.6) is 0 Å². The summed E-state index contributed by atoms with van der Waals surface area (Å²) in [5.74, 6) is -1.72. The van der Waals surface area contributed by atoms with Crippen molar-refractivity contribution >= 4 is 23.7 Å². The summed E-state index contributed by atoms with van der Waals surface area (Å²) in [7, 11) is 0. The molecule has 3 amide bonds. The maximum atomic E-state index is 12.8. The number of hydrogen-bond donors (Lipinski definition) is 0. The molecule has 1 fully saturated rings. The number of hydrogen-bond acceptors (Lipinski definition) is 5. The molecule has 1 aromatic rings.